The quantitative estimate of drug-likeness (QED) is 0.881. The summed E-state index contributed by atoms with van der Waals surface area (Å²) < 4.78 is 5.30. The summed E-state index contributed by atoms with van der Waals surface area (Å²) in [6.07, 6.45) is 4.43. The molecule has 26 heavy (non-hydrogen) atoms. The molecule has 0 bridgehead atoms. The van der Waals surface area contributed by atoms with Crippen LogP contribution in [0.15, 0.2) is 52.4 Å². The van der Waals surface area contributed by atoms with Crippen molar-refractivity contribution < 1.29 is 14.6 Å². The first-order chi connectivity index (χ1) is 12.5. The molecule has 2 aliphatic heterocycles. The number of hydrazine groups is 1. The van der Waals surface area contributed by atoms with Crippen LogP contribution in [-0.2, 0) is 4.79 Å². The third-order valence-corrected chi connectivity index (χ3v) is 5.35. The third-order valence-electron chi connectivity index (χ3n) is 5.35. The smallest absolute Gasteiger partial charge is 0.336 e. The van der Waals surface area contributed by atoms with Crippen molar-refractivity contribution in [1.29, 1.82) is 0 Å². The van der Waals surface area contributed by atoms with E-state index in [0.29, 0.717) is 29.9 Å². The number of carboxylic acid groups (broad SMARTS) is 1. The molecule has 2 heterocycles. The monoisotopic (exact) mass is 353 g/mol. The van der Waals surface area contributed by atoms with E-state index in [0.717, 1.165) is 22.7 Å². The van der Waals surface area contributed by atoms with Crippen LogP contribution in [0.3, 0.4) is 0 Å². The first-order valence-electron chi connectivity index (χ1n) is 8.94. The van der Waals surface area contributed by atoms with Crippen molar-refractivity contribution in [2.45, 2.75) is 32.7 Å². The lowest BCUT2D eigenvalue weighted by atomic mass is 10.1. The molecule has 1 aromatic carbocycles. The maximum Gasteiger partial charge on any atom is 0.336 e. The topological polar surface area (TPSA) is 65.4 Å². The van der Waals surface area contributed by atoms with Crippen LogP contribution in [0.1, 0.15) is 32.3 Å². The van der Waals surface area contributed by atoms with Gasteiger partial charge in [0.2, 0.25) is 0 Å². The third kappa shape index (κ3) is 2.80. The van der Waals surface area contributed by atoms with Crippen LogP contribution >= 0.6 is 0 Å². The number of hydrogen-bond acceptors (Lipinski definition) is 5. The minimum atomic E-state index is -0.904. The Bertz CT molecular complexity index is 852. The van der Waals surface area contributed by atoms with E-state index in [-0.39, 0.29) is 0 Å². The van der Waals surface area contributed by atoms with Crippen LogP contribution < -0.4 is 4.74 Å². The van der Waals surface area contributed by atoms with Crippen LogP contribution in [0.25, 0.3) is 0 Å². The summed E-state index contributed by atoms with van der Waals surface area (Å²) in [6, 6.07) is 7.97. The van der Waals surface area contributed by atoms with Crippen molar-refractivity contribution in [1.82, 2.24) is 10.0 Å². The van der Waals surface area contributed by atoms with Crippen molar-refractivity contribution in [3.05, 3.63) is 53.0 Å². The summed E-state index contributed by atoms with van der Waals surface area (Å²) >= 11 is 0. The van der Waals surface area contributed by atoms with E-state index in [1.54, 1.807) is 7.11 Å². The Kier molecular flexibility index (Phi) is 4.07. The molecule has 0 saturated heterocycles. The van der Waals surface area contributed by atoms with Gasteiger partial charge in [0.25, 0.3) is 0 Å². The number of methoxy groups -OCH3 is 1. The molecule has 1 saturated carbocycles. The summed E-state index contributed by atoms with van der Waals surface area (Å²) in [6.45, 7) is 4.57. The van der Waals surface area contributed by atoms with E-state index in [1.807, 2.05) is 42.3 Å². The van der Waals surface area contributed by atoms with Gasteiger partial charge in [0.1, 0.15) is 5.75 Å². The van der Waals surface area contributed by atoms with Crippen molar-refractivity contribution in [2.75, 3.05) is 13.7 Å². The number of nitrogens with zero attached hydrogens (tertiary/aromatic N) is 3. The van der Waals surface area contributed by atoms with Gasteiger partial charge in [0.05, 0.1) is 24.9 Å². The SMILES string of the molecule is COc1cccc(C2=NC3=C(C(=O)O)CN(C(C)C4CC4)N3C(C)=C2)c1. The molecular formula is C20H23N3O3. The zero-order valence-electron chi connectivity index (χ0n) is 15.3. The highest BCUT2D eigenvalue weighted by molar-refractivity contribution is 6.10. The number of aliphatic imine (C=N–C) groups is 1. The van der Waals surface area contributed by atoms with Gasteiger partial charge in [-0.3, -0.25) is 5.01 Å². The number of rotatable bonds is 5. The van der Waals surface area contributed by atoms with Crippen molar-refractivity contribution >= 4 is 11.7 Å². The Morgan fingerprint density at radius 2 is 2.15 bits per heavy atom. The Balaban J connectivity index is 1.75. The Labute approximate surface area is 153 Å². The predicted octanol–water partition coefficient (Wildman–Crippen LogP) is 3.03. The highest BCUT2D eigenvalue weighted by Gasteiger charge is 2.43. The van der Waals surface area contributed by atoms with Gasteiger partial charge in [0, 0.05) is 17.3 Å². The zero-order valence-corrected chi connectivity index (χ0v) is 15.3. The molecule has 6 nitrogen and oxygen atoms in total. The van der Waals surface area contributed by atoms with Gasteiger partial charge in [-0.15, -0.1) is 0 Å². The fourth-order valence-corrected chi connectivity index (χ4v) is 3.68. The van der Waals surface area contributed by atoms with Crippen LogP contribution in [0, 0.1) is 5.92 Å². The number of ether oxygens (including phenoxy) is 1. The second-order valence-corrected chi connectivity index (χ2v) is 7.11. The average Bonchev–Trinajstić information content (AvgIpc) is 3.41. The normalized spacial score (nSPS) is 21.3. The van der Waals surface area contributed by atoms with Gasteiger partial charge in [0.15, 0.2) is 5.82 Å². The van der Waals surface area contributed by atoms with E-state index < -0.39 is 5.97 Å². The van der Waals surface area contributed by atoms with Gasteiger partial charge in [-0.05, 0) is 50.8 Å². The molecule has 0 radical (unpaired) electrons. The second kappa shape index (κ2) is 6.29. The molecule has 136 valence electrons. The van der Waals surface area contributed by atoms with Gasteiger partial charge in [-0.2, -0.15) is 0 Å². The Morgan fingerprint density at radius 1 is 1.38 bits per heavy atom. The number of allylic oxidation sites excluding steroid dienone is 2. The lowest BCUT2D eigenvalue weighted by molar-refractivity contribution is -0.132. The molecule has 4 rings (SSSR count). The number of fused-ring (bicyclic) bond motifs is 1. The van der Waals surface area contributed by atoms with Crippen molar-refractivity contribution in [3.63, 3.8) is 0 Å². The highest BCUT2D eigenvalue weighted by atomic mass is 16.5. The van der Waals surface area contributed by atoms with Crippen LogP contribution in [0.2, 0.25) is 0 Å². The van der Waals surface area contributed by atoms with Gasteiger partial charge in [-0.25, -0.2) is 14.8 Å². The van der Waals surface area contributed by atoms with Crippen LogP contribution in [0.4, 0.5) is 0 Å². The highest BCUT2D eigenvalue weighted by Crippen LogP contribution is 2.41. The van der Waals surface area contributed by atoms with Gasteiger partial charge < -0.3 is 9.84 Å². The van der Waals surface area contributed by atoms with E-state index in [1.165, 1.54) is 12.8 Å². The molecule has 6 heteroatoms. The molecule has 1 fully saturated rings. The minimum Gasteiger partial charge on any atom is -0.497 e. The number of hydrogen-bond donors (Lipinski definition) is 1. The molecule has 0 spiro atoms. The lowest BCUT2D eigenvalue weighted by Crippen LogP contribution is -2.44. The predicted molar refractivity (Wildman–Crippen MR) is 98.7 cm³/mol. The number of carboxylic acids is 1. The molecule has 0 aromatic heterocycles. The average molecular weight is 353 g/mol. The fourth-order valence-electron chi connectivity index (χ4n) is 3.68. The molecule has 1 atom stereocenters. The van der Waals surface area contributed by atoms with Crippen molar-refractivity contribution in [3.8, 4) is 5.75 Å². The Morgan fingerprint density at radius 3 is 2.81 bits per heavy atom. The van der Waals surface area contributed by atoms with E-state index in [2.05, 4.69) is 11.9 Å². The molecule has 0 amide bonds. The van der Waals surface area contributed by atoms with Crippen LogP contribution in [-0.4, -0.2) is 46.5 Å². The summed E-state index contributed by atoms with van der Waals surface area (Å²) in [7, 11) is 1.63. The molecule has 3 aliphatic rings. The molecular weight excluding hydrogens is 330 g/mol. The Hall–Kier alpha value is -2.60. The minimum absolute atomic E-state index is 0.304. The summed E-state index contributed by atoms with van der Waals surface area (Å²) in [4.78, 5) is 16.6. The number of aliphatic carboxylic acids is 1. The van der Waals surface area contributed by atoms with E-state index in [9.17, 15) is 9.90 Å². The molecule has 1 unspecified atom stereocenters. The maximum absolute atomic E-state index is 11.8. The molecule has 1 N–H and O–H groups in total. The summed E-state index contributed by atoms with van der Waals surface area (Å²) in [5.41, 5.74) is 3.00. The lowest BCUT2D eigenvalue weighted by Gasteiger charge is -2.37. The standard InChI is InChI=1S/C20H23N3O3/c1-12-9-18(15-5-4-6-16(10-15)26-3)21-19-17(20(24)25)11-22(23(12)19)13(2)14-7-8-14/h4-6,9-10,13-14H,7-8,11H2,1-3H3,(H,24,25). The summed E-state index contributed by atoms with van der Waals surface area (Å²) in [5, 5.41) is 13.8. The van der Waals surface area contributed by atoms with Gasteiger partial charge >= 0.3 is 5.97 Å². The van der Waals surface area contributed by atoms with Crippen LogP contribution in [0.5, 0.6) is 5.75 Å². The second-order valence-electron chi connectivity index (χ2n) is 7.11. The first kappa shape index (κ1) is 16.8. The zero-order chi connectivity index (χ0) is 18.4. The van der Waals surface area contributed by atoms with E-state index >= 15 is 0 Å². The number of carbonyl (C=O) groups is 1. The molecule has 1 aliphatic carbocycles. The maximum atomic E-state index is 11.8. The largest absolute Gasteiger partial charge is 0.497 e. The van der Waals surface area contributed by atoms with Gasteiger partial charge in [-0.1, -0.05) is 12.1 Å². The number of benzene rings is 1. The molecule has 1 aromatic rings. The fraction of sp³-hybridized carbons (Fsp3) is 0.400. The summed E-state index contributed by atoms with van der Waals surface area (Å²) in [5.74, 6) is 1.02. The van der Waals surface area contributed by atoms with E-state index in [4.69, 9.17) is 9.73 Å². The van der Waals surface area contributed by atoms with Crippen molar-refractivity contribution in [2.24, 2.45) is 10.9 Å². The first-order valence-corrected chi connectivity index (χ1v) is 8.94.